The van der Waals surface area contributed by atoms with Crippen LogP contribution >= 0.6 is 46.6 Å². The first kappa shape index (κ1) is 14.4. The van der Waals surface area contributed by atoms with Gasteiger partial charge in [-0.1, -0.05) is 53.0 Å². The molecule has 0 amide bonds. The third kappa shape index (κ3) is 3.04. The number of thioether (sulfide) groups is 1. The highest BCUT2D eigenvalue weighted by atomic mass is 35.5. The largest absolute Gasteiger partial charge is 0.381 e. The van der Waals surface area contributed by atoms with Crippen molar-refractivity contribution in [1.82, 2.24) is 0 Å². The van der Waals surface area contributed by atoms with Crippen molar-refractivity contribution in [1.29, 1.82) is 0 Å². The van der Waals surface area contributed by atoms with Gasteiger partial charge in [-0.05, 0) is 30.2 Å². The van der Waals surface area contributed by atoms with Crippen LogP contribution in [0.3, 0.4) is 0 Å². The van der Waals surface area contributed by atoms with Crippen LogP contribution in [0.4, 0.5) is 5.69 Å². The van der Waals surface area contributed by atoms with Gasteiger partial charge in [0.1, 0.15) is 0 Å². The predicted molar refractivity (Wildman–Crippen MR) is 89.8 cm³/mol. The van der Waals surface area contributed by atoms with Gasteiger partial charge in [0.15, 0.2) is 0 Å². The lowest BCUT2D eigenvalue weighted by molar-refractivity contribution is 0.899. The fraction of sp³-hybridized carbons (Fsp3) is 0.200. The van der Waals surface area contributed by atoms with E-state index < -0.39 is 0 Å². The minimum absolute atomic E-state index is 0.496. The second-order valence-corrected chi connectivity index (χ2v) is 7.27. The molecule has 0 radical (unpaired) electrons. The van der Waals surface area contributed by atoms with Crippen LogP contribution in [0.25, 0.3) is 0 Å². The molecule has 0 spiro atoms. The number of halogens is 3. The first-order chi connectivity index (χ1) is 9.63. The van der Waals surface area contributed by atoms with E-state index in [4.69, 9.17) is 34.8 Å². The van der Waals surface area contributed by atoms with Crippen LogP contribution in [0, 0.1) is 0 Å². The van der Waals surface area contributed by atoms with Crippen molar-refractivity contribution >= 4 is 52.3 Å². The number of anilines is 1. The normalized spacial score (nSPS) is 17.1. The molecule has 1 unspecified atom stereocenters. The highest BCUT2D eigenvalue weighted by Gasteiger charge is 2.22. The summed E-state index contributed by atoms with van der Waals surface area (Å²) in [5.41, 5.74) is 2.17. The summed E-state index contributed by atoms with van der Waals surface area (Å²) in [4.78, 5) is 1.37. The molecule has 2 aromatic carbocycles. The molecule has 0 aromatic heterocycles. The van der Waals surface area contributed by atoms with Gasteiger partial charge in [-0.2, -0.15) is 0 Å². The van der Waals surface area contributed by atoms with Gasteiger partial charge in [-0.15, -0.1) is 11.8 Å². The third-order valence-corrected chi connectivity index (χ3v) is 5.36. The molecule has 3 rings (SSSR count). The van der Waals surface area contributed by atoms with Crippen molar-refractivity contribution in [3.63, 3.8) is 0 Å². The fourth-order valence-electron chi connectivity index (χ4n) is 2.29. The average Bonchev–Trinajstić information content (AvgIpc) is 2.80. The molecule has 5 heteroatoms. The Labute approximate surface area is 137 Å². The van der Waals surface area contributed by atoms with Crippen molar-refractivity contribution in [2.75, 3.05) is 11.9 Å². The Morgan fingerprint density at radius 1 is 1.10 bits per heavy atom. The Morgan fingerprint density at radius 3 is 2.50 bits per heavy atom. The quantitative estimate of drug-likeness (QED) is 0.758. The van der Waals surface area contributed by atoms with Gasteiger partial charge < -0.3 is 5.32 Å². The maximum absolute atomic E-state index is 6.17. The molecular weight excluding hydrogens is 333 g/mol. The van der Waals surface area contributed by atoms with Gasteiger partial charge >= 0.3 is 0 Å². The lowest BCUT2D eigenvalue weighted by atomic mass is 10.1. The van der Waals surface area contributed by atoms with Crippen LogP contribution in [0.15, 0.2) is 41.3 Å². The molecule has 0 fully saturated rings. The molecule has 1 heterocycles. The molecule has 1 N–H and O–H groups in total. The maximum Gasteiger partial charge on any atom is 0.0720 e. The second kappa shape index (κ2) is 6.07. The van der Waals surface area contributed by atoms with E-state index in [1.165, 1.54) is 10.5 Å². The molecule has 0 saturated carbocycles. The Bertz CT molecular complexity index is 597. The van der Waals surface area contributed by atoms with Gasteiger partial charge in [-0.25, -0.2) is 0 Å². The van der Waals surface area contributed by atoms with E-state index in [0.29, 0.717) is 20.3 Å². The number of nitrogens with one attached hydrogen (secondary N) is 1. The lowest BCUT2D eigenvalue weighted by Crippen LogP contribution is -2.16. The minimum Gasteiger partial charge on any atom is -0.381 e. The summed E-state index contributed by atoms with van der Waals surface area (Å²) in [6.07, 6.45) is 1.07. The average molecular weight is 345 g/mol. The molecule has 1 aliphatic heterocycles. The molecule has 20 heavy (non-hydrogen) atoms. The van der Waals surface area contributed by atoms with Crippen LogP contribution in [0.1, 0.15) is 5.56 Å². The predicted octanol–water partition coefficient (Wildman–Crippen LogP) is 5.78. The van der Waals surface area contributed by atoms with Crippen molar-refractivity contribution in [2.45, 2.75) is 16.6 Å². The highest BCUT2D eigenvalue weighted by Crippen LogP contribution is 2.38. The SMILES string of the molecule is Clc1cc(Cl)c(NCC2Cc3ccccc3S2)c(Cl)c1. The van der Waals surface area contributed by atoms with Gasteiger partial charge in [0.05, 0.1) is 15.7 Å². The van der Waals surface area contributed by atoms with Gasteiger partial charge in [0, 0.05) is 21.7 Å². The standard InChI is InChI=1S/C15H12Cl3NS/c16-10-6-12(17)15(13(18)7-10)19-8-11-5-9-3-1-2-4-14(9)20-11/h1-4,6-7,11,19H,5,8H2. The second-order valence-electron chi connectivity index (χ2n) is 4.68. The monoisotopic (exact) mass is 343 g/mol. The Kier molecular flexibility index (Phi) is 4.37. The van der Waals surface area contributed by atoms with Gasteiger partial charge in [0.2, 0.25) is 0 Å². The van der Waals surface area contributed by atoms with Crippen LogP contribution in [0.2, 0.25) is 15.1 Å². The summed E-state index contributed by atoms with van der Waals surface area (Å²) in [6.45, 7) is 0.820. The maximum atomic E-state index is 6.17. The first-order valence-electron chi connectivity index (χ1n) is 6.26. The smallest absolute Gasteiger partial charge is 0.0720 e. The molecule has 0 bridgehead atoms. The zero-order chi connectivity index (χ0) is 14.1. The summed E-state index contributed by atoms with van der Waals surface area (Å²) in [5, 5.41) is 5.50. The van der Waals surface area contributed by atoms with E-state index >= 15 is 0 Å². The first-order valence-corrected chi connectivity index (χ1v) is 8.28. The van der Waals surface area contributed by atoms with Crippen LogP contribution < -0.4 is 5.32 Å². The number of rotatable bonds is 3. The molecular formula is C15H12Cl3NS. The van der Waals surface area contributed by atoms with Crippen molar-refractivity contribution < 1.29 is 0 Å². The molecule has 104 valence electrons. The van der Waals surface area contributed by atoms with E-state index in [1.54, 1.807) is 12.1 Å². The minimum atomic E-state index is 0.496. The van der Waals surface area contributed by atoms with Crippen molar-refractivity contribution in [3.05, 3.63) is 57.0 Å². The van der Waals surface area contributed by atoms with Gasteiger partial charge in [-0.3, -0.25) is 0 Å². The van der Waals surface area contributed by atoms with Crippen molar-refractivity contribution in [2.24, 2.45) is 0 Å². The highest BCUT2D eigenvalue weighted by molar-refractivity contribution is 8.00. The molecule has 0 saturated heterocycles. The number of hydrogen-bond acceptors (Lipinski definition) is 2. The third-order valence-electron chi connectivity index (χ3n) is 3.23. The van der Waals surface area contributed by atoms with E-state index in [-0.39, 0.29) is 0 Å². The molecule has 1 atom stereocenters. The molecule has 2 aromatic rings. The van der Waals surface area contributed by atoms with E-state index in [1.807, 2.05) is 11.8 Å². The summed E-state index contributed by atoms with van der Waals surface area (Å²) in [6, 6.07) is 11.9. The van der Waals surface area contributed by atoms with Crippen molar-refractivity contribution in [3.8, 4) is 0 Å². The fourth-order valence-corrected chi connectivity index (χ4v) is 4.49. The summed E-state index contributed by atoms with van der Waals surface area (Å²) >= 11 is 20.1. The topological polar surface area (TPSA) is 12.0 Å². The molecule has 0 aliphatic carbocycles. The Balaban J connectivity index is 1.67. The lowest BCUT2D eigenvalue weighted by Gasteiger charge is -2.14. The Hall–Kier alpha value is -0.540. The van der Waals surface area contributed by atoms with E-state index in [9.17, 15) is 0 Å². The van der Waals surface area contributed by atoms with E-state index in [2.05, 4.69) is 29.6 Å². The van der Waals surface area contributed by atoms with Crippen LogP contribution in [-0.2, 0) is 6.42 Å². The zero-order valence-corrected chi connectivity index (χ0v) is 13.6. The zero-order valence-electron chi connectivity index (χ0n) is 10.5. The van der Waals surface area contributed by atoms with Crippen LogP contribution in [-0.4, -0.2) is 11.8 Å². The molecule has 1 nitrogen and oxygen atoms in total. The summed E-state index contributed by atoms with van der Waals surface area (Å²) in [5.74, 6) is 0. The Morgan fingerprint density at radius 2 is 1.80 bits per heavy atom. The molecule has 1 aliphatic rings. The summed E-state index contributed by atoms with van der Waals surface area (Å²) < 4.78 is 0. The summed E-state index contributed by atoms with van der Waals surface area (Å²) in [7, 11) is 0. The number of hydrogen-bond donors (Lipinski definition) is 1. The number of benzene rings is 2. The van der Waals surface area contributed by atoms with Gasteiger partial charge in [0.25, 0.3) is 0 Å². The van der Waals surface area contributed by atoms with Crippen LogP contribution in [0.5, 0.6) is 0 Å². The number of fused-ring (bicyclic) bond motifs is 1. The van der Waals surface area contributed by atoms with E-state index in [0.717, 1.165) is 18.7 Å².